The lowest BCUT2D eigenvalue weighted by atomic mass is 9.96. The zero-order chi connectivity index (χ0) is 21.8. The number of fused-ring (bicyclic) bond motifs is 1. The minimum absolute atomic E-state index is 0.0353. The molecule has 0 spiro atoms. The van der Waals surface area contributed by atoms with Gasteiger partial charge in [0, 0.05) is 61.2 Å². The Kier molecular flexibility index (Phi) is 6.34. The molecular weight excluding hydrogens is 400 g/mol. The first-order valence-electron chi connectivity index (χ1n) is 12.0. The summed E-state index contributed by atoms with van der Waals surface area (Å²) in [6, 6.07) is 12.1. The number of piperazine rings is 1. The Morgan fingerprint density at radius 2 is 1.62 bits per heavy atom. The lowest BCUT2D eigenvalue weighted by Crippen LogP contribution is -2.43. The van der Waals surface area contributed by atoms with E-state index in [2.05, 4.69) is 44.8 Å². The minimum Gasteiger partial charge on any atom is -0.369 e. The van der Waals surface area contributed by atoms with Crippen molar-refractivity contribution >= 4 is 28.4 Å². The average molecular weight is 433 g/mol. The van der Waals surface area contributed by atoms with Crippen molar-refractivity contribution in [2.24, 2.45) is 0 Å². The van der Waals surface area contributed by atoms with E-state index in [0.717, 1.165) is 55.7 Å². The number of nitrogens with zero attached hydrogens (tertiary/aromatic N) is 4. The minimum atomic E-state index is 0.0353. The van der Waals surface area contributed by atoms with E-state index in [-0.39, 0.29) is 11.6 Å². The first-order chi connectivity index (χ1) is 15.8. The van der Waals surface area contributed by atoms with Gasteiger partial charge in [-0.05, 0) is 43.2 Å². The zero-order valence-electron chi connectivity index (χ0n) is 18.6. The molecule has 1 aliphatic carbocycles. The quantitative estimate of drug-likeness (QED) is 0.643. The summed E-state index contributed by atoms with van der Waals surface area (Å²) in [6.07, 6.45) is 10.0. The number of hydrogen-bond donors (Lipinski definition) is 2. The number of rotatable bonds is 4. The van der Waals surface area contributed by atoms with Crippen LogP contribution >= 0.6 is 0 Å². The van der Waals surface area contributed by atoms with Crippen LogP contribution in [-0.2, 0) is 0 Å². The number of benzene rings is 1. The number of hydrogen-bond acceptors (Lipinski definition) is 6. The van der Waals surface area contributed by atoms with Gasteiger partial charge in [-0.2, -0.15) is 4.98 Å². The van der Waals surface area contributed by atoms with E-state index in [1.165, 1.54) is 37.8 Å². The molecule has 32 heavy (non-hydrogen) atoms. The molecule has 1 saturated carbocycles. The molecule has 7 nitrogen and oxygen atoms in total. The second kappa shape index (κ2) is 9.69. The zero-order valence-corrected chi connectivity index (χ0v) is 18.6. The van der Waals surface area contributed by atoms with Crippen molar-refractivity contribution in [3.63, 3.8) is 0 Å². The maximum Gasteiger partial charge on any atom is 0.252 e. The van der Waals surface area contributed by atoms with E-state index in [1.54, 1.807) is 6.07 Å². The molecule has 0 bridgehead atoms. The third-order valence-corrected chi connectivity index (χ3v) is 6.71. The van der Waals surface area contributed by atoms with Crippen LogP contribution in [0.2, 0.25) is 0 Å². The average Bonchev–Trinajstić information content (AvgIpc) is 2.81. The lowest BCUT2D eigenvalue weighted by Gasteiger charge is -2.29. The molecule has 5 rings (SSSR count). The van der Waals surface area contributed by atoms with Crippen LogP contribution in [0.5, 0.6) is 0 Å². The summed E-state index contributed by atoms with van der Waals surface area (Å²) >= 11 is 0. The van der Waals surface area contributed by atoms with Crippen LogP contribution in [-0.4, -0.2) is 40.7 Å². The number of nitrogens with one attached hydrogen (secondary N) is 2. The Labute approximate surface area is 188 Å². The van der Waals surface area contributed by atoms with E-state index < -0.39 is 0 Å². The fourth-order valence-electron chi connectivity index (χ4n) is 4.95. The monoisotopic (exact) mass is 432 g/mol. The molecule has 0 amide bonds. The van der Waals surface area contributed by atoms with Gasteiger partial charge in [-0.3, -0.25) is 9.36 Å². The summed E-state index contributed by atoms with van der Waals surface area (Å²) in [5.41, 5.74) is 2.94. The number of aromatic nitrogens is 3. The highest BCUT2D eigenvalue weighted by molar-refractivity contribution is 5.76. The molecule has 1 aromatic carbocycles. The molecule has 2 aliphatic rings. The third-order valence-electron chi connectivity index (χ3n) is 6.71. The van der Waals surface area contributed by atoms with Crippen LogP contribution in [0.4, 0.5) is 17.3 Å². The predicted molar refractivity (Wildman–Crippen MR) is 130 cm³/mol. The fourth-order valence-corrected chi connectivity index (χ4v) is 4.95. The van der Waals surface area contributed by atoms with Crippen LogP contribution in [0.1, 0.15) is 51.0 Å². The van der Waals surface area contributed by atoms with Gasteiger partial charge in [-0.25, -0.2) is 4.98 Å². The van der Waals surface area contributed by atoms with Crippen LogP contribution in [0, 0.1) is 0 Å². The first-order valence-corrected chi connectivity index (χ1v) is 12.0. The molecule has 168 valence electrons. The molecular formula is C25H32N6O. The molecule has 0 atom stereocenters. The van der Waals surface area contributed by atoms with Crippen molar-refractivity contribution in [3.8, 4) is 0 Å². The normalized spacial score (nSPS) is 18.3. The molecule has 2 fully saturated rings. The maximum atomic E-state index is 12.9. The summed E-state index contributed by atoms with van der Waals surface area (Å²) in [4.78, 5) is 24.6. The van der Waals surface area contributed by atoms with Crippen molar-refractivity contribution in [2.45, 2.75) is 51.0 Å². The SMILES string of the molecule is O=c1ccc2cnc(Nc3ccc(N4CCNCC4)cc3)nc2n1C1CCCCCCC1. The highest BCUT2D eigenvalue weighted by Gasteiger charge is 2.18. The Hall–Kier alpha value is -2.93. The van der Waals surface area contributed by atoms with Gasteiger partial charge in [-0.15, -0.1) is 0 Å². The molecule has 1 aliphatic heterocycles. The largest absolute Gasteiger partial charge is 0.369 e. The highest BCUT2D eigenvalue weighted by Crippen LogP contribution is 2.28. The molecule has 3 heterocycles. The maximum absolute atomic E-state index is 12.9. The van der Waals surface area contributed by atoms with Crippen molar-refractivity contribution in [1.82, 2.24) is 19.9 Å². The van der Waals surface area contributed by atoms with Gasteiger partial charge in [0.15, 0.2) is 0 Å². The van der Waals surface area contributed by atoms with E-state index in [0.29, 0.717) is 5.95 Å². The standard InChI is InChI=1S/C25H32N6O/c32-23-13-8-19-18-27-25(29-24(19)31(23)22-6-4-2-1-3-5-7-22)28-20-9-11-21(12-10-20)30-16-14-26-15-17-30/h8-13,18,22,26H,1-7,14-17H2,(H,27,28,29). The van der Waals surface area contributed by atoms with Crippen LogP contribution in [0.3, 0.4) is 0 Å². The van der Waals surface area contributed by atoms with Crippen molar-refractivity contribution in [2.75, 3.05) is 36.4 Å². The Balaban J connectivity index is 1.40. The lowest BCUT2D eigenvalue weighted by molar-refractivity contribution is 0.371. The first kappa shape index (κ1) is 20.9. The smallest absolute Gasteiger partial charge is 0.252 e. The number of anilines is 3. The molecule has 1 saturated heterocycles. The predicted octanol–water partition coefficient (Wildman–Crippen LogP) is 4.23. The summed E-state index contributed by atoms with van der Waals surface area (Å²) in [5, 5.41) is 7.63. The van der Waals surface area contributed by atoms with E-state index >= 15 is 0 Å². The second-order valence-corrected chi connectivity index (χ2v) is 8.92. The van der Waals surface area contributed by atoms with Crippen LogP contribution in [0.25, 0.3) is 11.0 Å². The summed E-state index contributed by atoms with van der Waals surface area (Å²) in [7, 11) is 0. The van der Waals surface area contributed by atoms with Crippen LogP contribution in [0.15, 0.2) is 47.4 Å². The van der Waals surface area contributed by atoms with Crippen molar-refractivity contribution in [3.05, 3.63) is 52.9 Å². The van der Waals surface area contributed by atoms with E-state index in [9.17, 15) is 4.79 Å². The van der Waals surface area contributed by atoms with Gasteiger partial charge in [0.05, 0.1) is 0 Å². The van der Waals surface area contributed by atoms with E-state index in [1.807, 2.05) is 16.8 Å². The summed E-state index contributed by atoms with van der Waals surface area (Å²) in [6.45, 7) is 4.10. The Morgan fingerprint density at radius 1 is 0.906 bits per heavy atom. The summed E-state index contributed by atoms with van der Waals surface area (Å²) < 4.78 is 1.92. The molecule has 7 heteroatoms. The van der Waals surface area contributed by atoms with Crippen LogP contribution < -0.4 is 21.1 Å². The summed E-state index contributed by atoms with van der Waals surface area (Å²) in [5.74, 6) is 0.526. The van der Waals surface area contributed by atoms with Crippen molar-refractivity contribution in [1.29, 1.82) is 0 Å². The molecule has 0 unspecified atom stereocenters. The molecule has 2 aromatic heterocycles. The fraction of sp³-hybridized carbons (Fsp3) is 0.480. The van der Waals surface area contributed by atoms with Gasteiger partial charge in [0.25, 0.3) is 5.56 Å². The molecule has 0 radical (unpaired) electrons. The molecule has 3 aromatic rings. The molecule has 2 N–H and O–H groups in total. The van der Waals surface area contributed by atoms with Gasteiger partial charge < -0.3 is 15.5 Å². The third kappa shape index (κ3) is 4.63. The van der Waals surface area contributed by atoms with Gasteiger partial charge in [0.1, 0.15) is 5.65 Å². The Bertz CT molecular complexity index is 1100. The van der Waals surface area contributed by atoms with E-state index in [4.69, 9.17) is 4.98 Å². The highest BCUT2D eigenvalue weighted by atomic mass is 16.1. The van der Waals surface area contributed by atoms with Crippen molar-refractivity contribution < 1.29 is 0 Å². The number of pyridine rings is 1. The topological polar surface area (TPSA) is 75.1 Å². The van der Waals surface area contributed by atoms with Gasteiger partial charge >= 0.3 is 0 Å². The Morgan fingerprint density at radius 3 is 2.38 bits per heavy atom. The van der Waals surface area contributed by atoms with Gasteiger partial charge in [0.2, 0.25) is 5.95 Å². The second-order valence-electron chi connectivity index (χ2n) is 8.92. The van der Waals surface area contributed by atoms with Gasteiger partial charge in [-0.1, -0.05) is 32.1 Å².